The average Bonchev–Trinajstić information content (AvgIpc) is 2.26. The molecule has 0 aliphatic carbocycles. The molecule has 0 fully saturated rings. The summed E-state index contributed by atoms with van der Waals surface area (Å²) >= 11 is 0. The maximum absolute atomic E-state index is 5.19. The van der Waals surface area contributed by atoms with Crippen LogP contribution in [0.2, 0.25) is 0 Å². The number of rotatable bonds is 4. The molecule has 1 atom stereocenters. The van der Waals surface area contributed by atoms with Crippen LogP contribution >= 0.6 is 0 Å². The molecular weight excluding hydrogens is 172 g/mol. The Bertz CT molecular complexity index is 302. The largest absolute Gasteiger partial charge is 0.497 e. The van der Waals surface area contributed by atoms with E-state index in [4.69, 9.17) is 4.74 Å². The van der Waals surface area contributed by atoms with Gasteiger partial charge in [0, 0.05) is 0 Å². The number of allylic oxidation sites excluding steroid dienone is 2. The molecule has 0 saturated carbocycles. The first-order valence-corrected chi connectivity index (χ1v) is 5.03. The molecule has 0 heterocycles. The highest BCUT2D eigenvalue weighted by Gasteiger charge is 2.03. The van der Waals surface area contributed by atoms with Crippen molar-refractivity contribution in [3.63, 3.8) is 0 Å². The first-order chi connectivity index (χ1) is 6.77. The summed E-state index contributed by atoms with van der Waals surface area (Å²) in [6.07, 6.45) is 5.38. The van der Waals surface area contributed by atoms with E-state index in [1.807, 2.05) is 12.1 Å². The Labute approximate surface area is 86.4 Å². The number of benzene rings is 1. The molecule has 0 aromatic heterocycles. The van der Waals surface area contributed by atoms with Gasteiger partial charge in [-0.15, -0.1) is 0 Å². The summed E-state index contributed by atoms with van der Waals surface area (Å²) in [6.45, 7) is 4.28. The van der Waals surface area contributed by atoms with Gasteiger partial charge in [0.1, 0.15) is 5.75 Å². The fraction of sp³-hybridized carbons (Fsp3) is 0.385. The molecule has 0 amide bonds. The lowest BCUT2D eigenvalue weighted by atomic mass is 9.97. The molecule has 0 radical (unpaired) electrons. The third-order valence-electron chi connectivity index (χ3n) is 2.39. The van der Waals surface area contributed by atoms with Crippen molar-refractivity contribution in [2.45, 2.75) is 26.2 Å². The van der Waals surface area contributed by atoms with Gasteiger partial charge in [-0.2, -0.15) is 0 Å². The highest BCUT2D eigenvalue weighted by atomic mass is 16.5. The molecule has 1 aromatic carbocycles. The predicted octanol–water partition coefficient (Wildman–Crippen LogP) is 3.76. The highest BCUT2D eigenvalue weighted by Crippen LogP contribution is 2.23. The molecule has 0 aliphatic rings. The monoisotopic (exact) mass is 190 g/mol. The Hall–Kier alpha value is -1.24. The lowest BCUT2D eigenvalue weighted by Crippen LogP contribution is -1.92. The van der Waals surface area contributed by atoms with E-state index in [1.54, 1.807) is 7.11 Å². The maximum atomic E-state index is 5.19. The second-order valence-electron chi connectivity index (χ2n) is 3.48. The molecule has 76 valence electrons. The highest BCUT2D eigenvalue weighted by molar-refractivity contribution is 5.30. The van der Waals surface area contributed by atoms with E-state index in [0.717, 1.165) is 12.2 Å². The van der Waals surface area contributed by atoms with Crippen molar-refractivity contribution < 1.29 is 4.74 Å². The van der Waals surface area contributed by atoms with Gasteiger partial charge in [0.25, 0.3) is 0 Å². The van der Waals surface area contributed by atoms with Crippen LogP contribution in [0.5, 0.6) is 5.75 Å². The van der Waals surface area contributed by atoms with Crippen molar-refractivity contribution in [1.82, 2.24) is 0 Å². The van der Waals surface area contributed by atoms with Crippen molar-refractivity contribution in [1.29, 1.82) is 0 Å². The first-order valence-electron chi connectivity index (χ1n) is 5.03. The van der Waals surface area contributed by atoms with Gasteiger partial charge in [-0.05, 0) is 37.0 Å². The number of hydrogen-bond acceptors (Lipinski definition) is 1. The minimum absolute atomic E-state index is 0.557. The standard InChI is InChI=1S/C13H18O/c1-4-5-7-11(2)12-8-6-9-13(10-12)14-3/h4-6,8-11H,7H2,1-3H3/b5-4-. The Kier molecular flexibility index (Phi) is 4.24. The topological polar surface area (TPSA) is 9.23 Å². The van der Waals surface area contributed by atoms with Crippen LogP contribution in [0, 0.1) is 0 Å². The third kappa shape index (κ3) is 2.91. The molecular formula is C13H18O. The lowest BCUT2D eigenvalue weighted by Gasteiger charge is -2.10. The summed E-state index contributed by atoms with van der Waals surface area (Å²) in [5.74, 6) is 1.50. The Balaban J connectivity index is 2.73. The lowest BCUT2D eigenvalue weighted by molar-refractivity contribution is 0.414. The van der Waals surface area contributed by atoms with Gasteiger partial charge in [-0.1, -0.05) is 31.2 Å². The Morgan fingerprint density at radius 1 is 1.43 bits per heavy atom. The van der Waals surface area contributed by atoms with Gasteiger partial charge < -0.3 is 4.74 Å². The summed E-state index contributed by atoms with van der Waals surface area (Å²) in [7, 11) is 1.70. The Morgan fingerprint density at radius 3 is 2.86 bits per heavy atom. The SMILES string of the molecule is C/C=C\CC(C)c1cccc(OC)c1. The zero-order valence-electron chi connectivity index (χ0n) is 9.16. The van der Waals surface area contributed by atoms with E-state index >= 15 is 0 Å². The maximum Gasteiger partial charge on any atom is 0.119 e. The van der Waals surface area contributed by atoms with Gasteiger partial charge in [-0.25, -0.2) is 0 Å². The van der Waals surface area contributed by atoms with E-state index in [-0.39, 0.29) is 0 Å². The second-order valence-corrected chi connectivity index (χ2v) is 3.48. The van der Waals surface area contributed by atoms with Crippen LogP contribution in [0.3, 0.4) is 0 Å². The van der Waals surface area contributed by atoms with Crippen LogP contribution in [-0.2, 0) is 0 Å². The summed E-state index contributed by atoms with van der Waals surface area (Å²) < 4.78 is 5.19. The molecule has 0 bridgehead atoms. The van der Waals surface area contributed by atoms with Crippen molar-refractivity contribution in [2.75, 3.05) is 7.11 Å². The van der Waals surface area contributed by atoms with Gasteiger partial charge in [0.05, 0.1) is 7.11 Å². The molecule has 1 heteroatoms. The van der Waals surface area contributed by atoms with Gasteiger partial charge >= 0.3 is 0 Å². The molecule has 1 unspecified atom stereocenters. The second kappa shape index (κ2) is 5.48. The predicted molar refractivity (Wildman–Crippen MR) is 60.8 cm³/mol. The zero-order valence-corrected chi connectivity index (χ0v) is 9.16. The summed E-state index contributed by atoms with van der Waals surface area (Å²) in [4.78, 5) is 0. The molecule has 0 N–H and O–H groups in total. The van der Waals surface area contributed by atoms with Crippen LogP contribution in [0.4, 0.5) is 0 Å². The van der Waals surface area contributed by atoms with Crippen LogP contribution < -0.4 is 4.74 Å². The van der Waals surface area contributed by atoms with Gasteiger partial charge in [-0.3, -0.25) is 0 Å². The van der Waals surface area contributed by atoms with Gasteiger partial charge in [0.15, 0.2) is 0 Å². The van der Waals surface area contributed by atoms with Crippen LogP contribution in [0.25, 0.3) is 0 Å². The summed E-state index contributed by atoms with van der Waals surface area (Å²) in [6, 6.07) is 8.27. The fourth-order valence-corrected chi connectivity index (χ4v) is 1.42. The van der Waals surface area contributed by atoms with Crippen LogP contribution in [0.15, 0.2) is 36.4 Å². The zero-order chi connectivity index (χ0) is 10.4. The van der Waals surface area contributed by atoms with Crippen molar-refractivity contribution in [3.05, 3.63) is 42.0 Å². The molecule has 0 spiro atoms. The van der Waals surface area contributed by atoms with Crippen molar-refractivity contribution in [3.8, 4) is 5.75 Å². The minimum atomic E-state index is 0.557. The molecule has 1 aromatic rings. The van der Waals surface area contributed by atoms with E-state index < -0.39 is 0 Å². The molecule has 0 saturated heterocycles. The van der Waals surface area contributed by atoms with E-state index in [2.05, 4.69) is 38.1 Å². The Morgan fingerprint density at radius 2 is 2.21 bits per heavy atom. The van der Waals surface area contributed by atoms with Crippen LogP contribution in [-0.4, -0.2) is 7.11 Å². The smallest absolute Gasteiger partial charge is 0.119 e. The van der Waals surface area contributed by atoms with E-state index in [9.17, 15) is 0 Å². The minimum Gasteiger partial charge on any atom is -0.497 e. The summed E-state index contributed by atoms with van der Waals surface area (Å²) in [5, 5.41) is 0. The van der Waals surface area contributed by atoms with Gasteiger partial charge in [0.2, 0.25) is 0 Å². The first kappa shape index (κ1) is 10.8. The summed E-state index contributed by atoms with van der Waals surface area (Å²) in [5.41, 5.74) is 1.34. The third-order valence-corrected chi connectivity index (χ3v) is 2.39. The molecule has 1 rings (SSSR count). The number of ether oxygens (including phenoxy) is 1. The van der Waals surface area contributed by atoms with E-state index in [0.29, 0.717) is 5.92 Å². The normalized spacial score (nSPS) is 13.1. The number of hydrogen-bond donors (Lipinski definition) is 0. The molecule has 14 heavy (non-hydrogen) atoms. The van der Waals surface area contributed by atoms with Crippen molar-refractivity contribution in [2.24, 2.45) is 0 Å². The number of methoxy groups -OCH3 is 1. The van der Waals surface area contributed by atoms with Crippen molar-refractivity contribution >= 4 is 0 Å². The van der Waals surface area contributed by atoms with Crippen LogP contribution in [0.1, 0.15) is 31.7 Å². The fourth-order valence-electron chi connectivity index (χ4n) is 1.42. The van der Waals surface area contributed by atoms with E-state index in [1.165, 1.54) is 5.56 Å². The quantitative estimate of drug-likeness (QED) is 0.657. The molecule has 1 nitrogen and oxygen atoms in total. The molecule has 0 aliphatic heterocycles. The average molecular weight is 190 g/mol.